The van der Waals surface area contributed by atoms with Crippen LogP contribution in [0, 0.1) is 0 Å². The number of aromatic nitrogens is 3. The van der Waals surface area contributed by atoms with Crippen molar-refractivity contribution in [2.45, 2.75) is 96.6 Å². The Morgan fingerprint density at radius 1 is 1.24 bits per heavy atom. The molecule has 1 aliphatic carbocycles. The Kier molecular flexibility index (Phi) is 8.68. The molecule has 0 bridgehead atoms. The SMILES string of the molecule is CN(C(=O)OC(C)(C)C)C1CCC(Nc2ncnc3c2c(Br)cn3COCC[Si](C)(C)C)CC1. The maximum atomic E-state index is 12.4. The van der Waals surface area contributed by atoms with Crippen LogP contribution in [0.2, 0.25) is 25.7 Å². The van der Waals surface area contributed by atoms with E-state index in [1.165, 1.54) is 0 Å². The van der Waals surface area contributed by atoms with Gasteiger partial charge in [-0.2, -0.15) is 0 Å². The van der Waals surface area contributed by atoms with Crippen LogP contribution in [0.15, 0.2) is 17.0 Å². The van der Waals surface area contributed by atoms with Crippen molar-refractivity contribution in [1.29, 1.82) is 0 Å². The summed E-state index contributed by atoms with van der Waals surface area (Å²) >= 11 is 3.69. The van der Waals surface area contributed by atoms with Gasteiger partial charge in [-0.3, -0.25) is 0 Å². The minimum absolute atomic E-state index is 0.194. The zero-order chi connectivity index (χ0) is 25.1. The van der Waals surface area contributed by atoms with E-state index in [-0.39, 0.29) is 12.1 Å². The Morgan fingerprint density at radius 3 is 2.53 bits per heavy atom. The maximum absolute atomic E-state index is 12.4. The molecule has 0 aliphatic heterocycles. The maximum Gasteiger partial charge on any atom is 0.410 e. The quantitative estimate of drug-likeness (QED) is 0.314. The predicted molar refractivity (Wildman–Crippen MR) is 143 cm³/mol. The number of rotatable bonds is 8. The number of carbonyl (C=O) groups excluding carboxylic acids is 1. The summed E-state index contributed by atoms with van der Waals surface area (Å²) in [5.74, 6) is 0.835. The molecule has 0 atom stereocenters. The van der Waals surface area contributed by atoms with Crippen molar-refractivity contribution in [3.05, 3.63) is 17.0 Å². The van der Waals surface area contributed by atoms with Crippen molar-refractivity contribution >= 4 is 46.9 Å². The predicted octanol–water partition coefficient (Wildman–Crippen LogP) is 6.10. The molecule has 0 unspecified atom stereocenters. The Balaban J connectivity index is 1.60. The van der Waals surface area contributed by atoms with Gasteiger partial charge in [0.25, 0.3) is 0 Å². The lowest BCUT2D eigenvalue weighted by Crippen LogP contribution is -2.43. The molecule has 10 heteroatoms. The van der Waals surface area contributed by atoms with Crippen molar-refractivity contribution in [2.24, 2.45) is 0 Å². The van der Waals surface area contributed by atoms with Crippen LogP contribution >= 0.6 is 15.9 Å². The molecule has 2 heterocycles. The number of ether oxygens (including phenoxy) is 2. The van der Waals surface area contributed by atoms with Crippen molar-refractivity contribution in [2.75, 3.05) is 19.0 Å². The summed E-state index contributed by atoms with van der Waals surface area (Å²) in [6.45, 7) is 14.0. The van der Waals surface area contributed by atoms with Crippen LogP contribution in [0.25, 0.3) is 11.0 Å². The first-order chi connectivity index (χ1) is 15.8. The highest BCUT2D eigenvalue weighted by Crippen LogP contribution is 2.32. The molecule has 0 spiro atoms. The monoisotopic (exact) mass is 553 g/mol. The second-order valence-corrected chi connectivity index (χ2v) is 17.9. The van der Waals surface area contributed by atoms with E-state index < -0.39 is 13.7 Å². The highest BCUT2D eigenvalue weighted by molar-refractivity contribution is 9.10. The van der Waals surface area contributed by atoms with Gasteiger partial charge >= 0.3 is 6.09 Å². The van der Waals surface area contributed by atoms with Gasteiger partial charge in [-0.25, -0.2) is 14.8 Å². The third-order valence-corrected chi connectivity index (χ3v) is 8.41. The Labute approximate surface area is 212 Å². The lowest BCUT2D eigenvalue weighted by molar-refractivity contribution is 0.0185. The number of amides is 1. The summed E-state index contributed by atoms with van der Waals surface area (Å²) in [4.78, 5) is 23.2. The number of nitrogens with one attached hydrogen (secondary N) is 1. The zero-order valence-corrected chi connectivity index (χ0v) is 24.2. The molecule has 34 heavy (non-hydrogen) atoms. The summed E-state index contributed by atoms with van der Waals surface area (Å²) in [7, 11) is 0.724. The molecule has 0 aromatic carbocycles. The van der Waals surface area contributed by atoms with Crippen molar-refractivity contribution in [1.82, 2.24) is 19.4 Å². The van der Waals surface area contributed by atoms with Gasteiger partial charge in [0.15, 0.2) is 0 Å². The lowest BCUT2D eigenvalue weighted by atomic mass is 9.90. The smallest absolute Gasteiger partial charge is 0.410 e. The molecule has 1 aliphatic rings. The van der Waals surface area contributed by atoms with Crippen LogP contribution < -0.4 is 5.32 Å². The number of anilines is 1. The number of halogens is 1. The average Bonchev–Trinajstić information content (AvgIpc) is 3.06. The fraction of sp³-hybridized carbons (Fsp3) is 0.708. The second kappa shape index (κ2) is 10.9. The normalized spacial score (nSPS) is 19.3. The standard InChI is InChI=1S/C24H40BrN5O3Si/c1-24(2,3)33-23(31)29(4)18-10-8-17(9-11-18)28-21-20-19(25)14-30(22(20)27-15-26-21)16-32-12-13-34(5,6)7/h14-15,17-18H,8-13,16H2,1-7H3,(H,26,27,28). The van der Waals surface area contributed by atoms with Gasteiger partial charge < -0.3 is 24.3 Å². The van der Waals surface area contributed by atoms with Crippen molar-refractivity contribution < 1.29 is 14.3 Å². The van der Waals surface area contributed by atoms with E-state index in [9.17, 15) is 4.79 Å². The number of hydrogen-bond donors (Lipinski definition) is 1. The molecule has 0 radical (unpaired) electrons. The molecular weight excluding hydrogens is 514 g/mol. The van der Waals surface area contributed by atoms with Crippen LogP contribution in [-0.2, 0) is 16.2 Å². The summed E-state index contributed by atoms with van der Waals surface area (Å²) < 4.78 is 14.5. The first-order valence-corrected chi connectivity index (χ1v) is 16.6. The van der Waals surface area contributed by atoms with Crippen molar-refractivity contribution in [3.63, 3.8) is 0 Å². The Morgan fingerprint density at radius 2 is 1.91 bits per heavy atom. The van der Waals surface area contributed by atoms with Crippen LogP contribution in [0.4, 0.5) is 10.6 Å². The number of fused-ring (bicyclic) bond motifs is 1. The molecular formula is C24H40BrN5O3Si. The number of carbonyl (C=O) groups is 1. The molecule has 8 nitrogen and oxygen atoms in total. The van der Waals surface area contributed by atoms with Gasteiger partial charge in [0.2, 0.25) is 0 Å². The van der Waals surface area contributed by atoms with Gasteiger partial charge in [0.05, 0.1) is 5.39 Å². The Bertz CT molecular complexity index is 977. The molecule has 190 valence electrons. The average molecular weight is 555 g/mol. The van der Waals surface area contributed by atoms with Crippen LogP contribution in [0.3, 0.4) is 0 Å². The highest BCUT2D eigenvalue weighted by atomic mass is 79.9. The van der Waals surface area contributed by atoms with Gasteiger partial charge in [-0.05, 0) is 68.4 Å². The molecule has 1 amide bonds. The van der Waals surface area contributed by atoms with Gasteiger partial charge in [0, 0.05) is 44.5 Å². The molecule has 1 fully saturated rings. The molecule has 3 rings (SSSR count). The fourth-order valence-corrected chi connectivity index (χ4v) is 5.48. The number of hydrogen-bond acceptors (Lipinski definition) is 6. The minimum Gasteiger partial charge on any atom is -0.444 e. The summed E-state index contributed by atoms with van der Waals surface area (Å²) in [5.41, 5.74) is 0.377. The van der Waals surface area contributed by atoms with E-state index in [1.54, 1.807) is 11.2 Å². The second-order valence-electron chi connectivity index (χ2n) is 11.5. The van der Waals surface area contributed by atoms with Gasteiger partial charge in [-0.15, -0.1) is 0 Å². The van der Waals surface area contributed by atoms with E-state index in [0.717, 1.165) is 59.7 Å². The van der Waals surface area contributed by atoms with Gasteiger partial charge in [0.1, 0.15) is 30.1 Å². The highest BCUT2D eigenvalue weighted by Gasteiger charge is 2.30. The van der Waals surface area contributed by atoms with Crippen LogP contribution in [-0.4, -0.2) is 64.9 Å². The Hall–Kier alpha value is -1.65. The molecule has 1 saturated carbocycles. The first kappa shape index (κ1) is 26.9. The molecule has 2 aromatic heterocycles. The minimum atomic E-state index is -1.12. The fourth-order valence-electron chi connectivity index (χ4n) is 4.11. The summed E-state index contributed by atoms with van der Waals surface area (Å²) in [6, 6.07) is 1.63. The molecule has 1 N–H and O–H groups in total. The first-order valence-electron chi connectivity index (χ1n) is 12.1. The van der Waals surface area contributed by atoms with Crippen LogP contribution in [0.5, 0.6) is 0 Å². The van der Waals surface area contributed by atoms with E-state index in [1.807, 2.05) is 38.6 Å². The van der Waals surface area contributed by atoms with Crippen LogP contribution in [0.1, 0.15) is 46.5 Å². The number of nitrogens with zero attached hydrogens (tertiary/aromatic N) is 4. The largest absolute Gasteiger partial charge is 0.444 e. The van der Waals surface area contributed by atoms with E-state index in [0.29, 0.717) is 12.8 Å². The van der Waals surface area contributed by atoms with Gasteiger partial charge in [-0.1, -0.05) is 19.6 Å². The third kappa shape index (κ3) is 7.42. The van der Waals surface area contributed by atoms with E-state index >= 15 is 0 Å². The molecule has 0 saturated heterocycles. The summed E-state index contributed by atoms with van der Waals surface area (Å²) in [6.07, 6.45) is 7.15. The zero-order valence-electron chi connectivity index (χ0n) is 21.7. The van der Waals surface area contributed by atoms with E-state index in [4.69, 9.17) is 9.47 Å². The summed E-state index contributed by atoms with van der Waals surface area (Å²) in [5, 5.41) is 4.60. The van der Waals surface area contributed by atoms with Crippen molar-refractivity contribution in [3.8, 4) is 0 Å². The lowest BCUT2D eigenvalue weighted by Gasteiger charge is -2.36. The third-order valence-electron chi connectivity index (χ3n) is 6.10. The molecule has 2 aromatic rings. The topological polar surface area (TPSA) is 81.5 Å². The van der Waals surface area contributed by atoms with E-state index in [2.05, 4.69) is 50.9 Å².